The van der Waals surface area contributed by atoms with Crippen molar-refractivity contribution in [2.75, 3.05) is 26.7 Å². The lowest BCUT2D eigenvalue weighted by molar-refractivity contribution is -0.0994. The van der Waals surface area contributed by atoms with E-state index in [0.29, 0.717) is 5.92 Å². The van der Waals surface area contributed by atoms with E-state index in [0.717, 1.165) is 32.5 Å². The van der Waals surface area contributed by atoms with Crippen LogP contribution in [-0.4, -0.2) is 49.0 Å². The fourth-order valence-electron chi connectivity index (χ4n) is 2.01. The van der Waals surface area contributed by atoms with E-state index < -0.39 is 0 Å². The van der Waals surface area contributed by atoms with Gasteiger partial charge in [0, 0.05) is 13.1 Å². The number of nitrogens with zero attached hydrogens (tertiary/aromatic N) is 1. The van der Waals surface area contributed by atoms with Crippen LogP contribution in [0.25, 0.3) is 0 Å². The lowest BCUT2D eigenvalue weighted by atomic mass is 9.94. The summed E-state index contributed by atoms with van der Waals surface area (Å²) in [5.74, 6) is 0.344. The van der Waals surface area contributed by atoms with Gasteiger partial charge in [-0.05, 0) is 19.4 Å². The predicted molar refractivity (Wildman–Crippen MR) is 57.3 cm³/mol. The van der Waals surface area contributed by atoms with Crippen molar-refractivity contribution in [2.24, 2.45) is 5.92 Å². The van der Waals surface area contributed by atoms with Crippen molar-refractivity contribution in [1.29, 1.82) is 0 Å². The Morgan fingerprint density at radius 2 is 2.29 bits per heavy atom. The summed E-state index contributed by atoms with van der Waals surface area (Å²) in [6.45, 7) is 6.83. The molecule has 3 nitrogen and oxygen atoms in total. The van der Waals surface area contributed by atoms with E-state index in [2.05, 4.69) is 25.8 Å². The number of likely N-dealkylation sites (N-methyl/N-ethyl adjacent to an activating group) is 1. The molecule has 1 rings (SSSR count). The van der Waals surface area contributed by atoms with Gasteiger partial charge in [0.15, 0.2) is 0 Å². The summed E-state index contributed by atoms with van der Waals surface area (Å²) in [5, 5.41) is 10.0. The minimum atomic E-state index is -0.308. The lowest BCUT2D eigenvalue weighted by Crippen LogP contribution is -2.47. The molecule has 1 aliphatic rings. The largest absolute Gasteiger partial charge is 0.390 e. The molecule has 1 N–H and O–H groups in total. The minimum absolute atomic E-state index is 0.00954. The molecule has 0 saturated carbocycles. The van der Waals surface area contributed by atoms with Crippen LogP contribution in [0.15, 0.2) is 0 Å². The minimum Gasteiger partial charge on any atom is -0.390 e. The van der Waals surface area contributed by atoms with Gasteiger partial charge in [-0.1, -0.05) is 20.3 Å². The van der Waals surface area contributed by atoms with E-state index in [1.165, 1.54) is 0 Å². The SMILES string of the molecule is CCCC(C)C(O)C1CN(C)CCO1. The second-order valence-electron chi connectivity index (χ2n) is 4.43. The molecular formula is C11H23NO2. The number of hydrogen-bond acceptors (Lipinski definition) is 3. The van der Waals surface area contributed by atoms with Crippen LogP contribution < -0.4 is 0 Å². The zero-order valence-electron chi connectivity index (χ0n) is 9.57. The van der Waals surface area contributed by atoms with Crippen LogP contribution in [0.3, 0.4) is 0 Å². The van der Waals surface area contributed by atoms with Gasteiger partial charge in [0.05, 0.1) is 18.8 Å². The van der Waals surface area contributed by atoms with Gasteiger partial charge in [-0.3, -0.25) is 0 Å². The topological polar surface area (TPSA) is 32.7 Å². The monoisotopic (exact) mass is 201 g/mol. The van der Waals surface area contributed by atoms with Crippen molar-refractivity contribution in [3.63, 3.8) is 0 Å². The zero-order chi connectivity index (χ0) is 10.6. The van der Waals surface area contributed by atoms with Gasteiger partial charge < -0.3 is 14.7 Å². The highest BCUT2D eigenvalue weighted by Gasteiger charge is 2.28. The number of aliphatic hydroxyl groups excluding tert-OH is 1. The summed E-state index contributed by atoms with van der Waals surface area (Å²) in [4.78, 5) is 2.22. The maximum Gasteiger partial charge on any atom is 0.0963 e. The van der Waals surface area contributed by atoms with Gasteiger partial charge in [0.2, 0.25) is 0 Å². The Morgan fingerprint density at radius 1 is 1.57 bits per heavy atom. The highest BCUT2D eigenvalue weighted by Crippen LogP contribution is 2.18. The van der Waals surface area contributed by atoms with E-state index in [4.69, 9.17) is 4.74 Å². The molecular weight excluding hydrogens is 178 g/mol. The third kappa shape index (κ3) is 3.23. The summed E-state index contributed by atoms with van der Waals surface area (Å²) in [7, 11) is 2.08. The average Bonchev–Trinajstić information content (AvgIpc) is 2.17. The molecule has 84 valence electrons. The summed E-state index contributed by atoms with van der Waals surface area (Å²) in [6.07, 6.45) is 1.90. The van der Waals surface area contributed by atoms with Crippen LogP contribution in [0.5, 0.6) is 0 Å². The van der Waals surface area contributed by atoms with Gasteiger partial charge in [-0.25, -0.2) is 0 Å². The Hall–Kier alpha value is -0.120. The molecule has 0 bridgehead atoms. The molecule has 1 fully saturated rings. The average molecular weight is 201 g/mol. The van der Waals surface area contributed by atoms with Gasteiger partial charge in [0.1, 0.15) is 0 Å². The van der Waals surface area contributed by atoms with Gasteiger partial charge in [-0.15, -0.1) is 0 Å². The van der Waals surface area contributed by atoms with Crippen LogP contribution in [0.2, 0.25) is 0 Å². The third-order valence-corrected chi connectivity index (χ3v) is 3.00. The summed E-state index contributed by atoms with van der Waals surface area (Å²) in [6, 6.07) is 0. The first-order valence-electron chi connectivity index (χ1n) is 5.63. The molecule has 0 aliphatic carbocycles. The highest BCUT2D eigenvalue weighted by molar-refractivity contribution is 4.79. The molecule has 1 aliphatic heterocycles. The molecule has 1 saturated heterocycles. The number of rotatable bonds is 4. The Bertz CT molecular complexity index is 163. The van der Waals surface area contributed by atoms with Crippen molar-refractivity contribution >= 4 is 0 Å². The van der Waals surface area contributed by atoms with Crippen LogP contribution in [0.4, 0.5) is 0 Å². The quantitative estimate of drug-likeness (QED) is 0.739. The first kappa shape index (κ1) is 12.0. The van der Waals surface area contributed by atoms with E-state index in [1.807, 2.05) is 0 Å². The Balaban J connectivity index is 2.38. The van der Waals surface area contributed by atoms with Crippen LogP contribution in [0.1, 0.15) is 26.7 Å². The predicted octanol–water partition coefficient (Wildman–Crippen LogP) is 1.11. The van der Waals surface area contributed by atoms with Crippen LogP contribution >= 0.6 is 0 Å². The van der Waals surface area contributed by atoms with Gasteiger partial charge in [-0.2, -0.15) is 0 Å². The molecule has 0 spiro atoms. The highest BCUT2D eigenvalue weighted by atomic mass is 16.5. The standard InChI is InChI=1S/C11H23NO2/c1-4-5-9(2)11(13)10-8-12(3)6-7-14-10/h9-11,13H,4-8H2,1-3H3. The molecule has 1 heterocycles. The molecule has 0 radical (unpaired) electrons. The van der Waals surface area contributed by atoms with Crippen LogP contribution in [0, 0.1) is 5.92 Å². The third-order valence-electron chi connectivity index (χ3n) is 3.00. The van der Waals surface area contributed by atoms with Crippen molar-refractivity contribution in [1.82, 2.24) is 4.90 Å². The van der Waals surface area contributed by atoms with Gasteiger partial charge in [0.25, 0.3) is 0 Å². The van der Waals surface area contributed by atoms with Crippen LogP contribution in [-0.2, 0) is 4.74 Å². The number of ether oxygens (including phenoxy) is 1. The molecule has 3 unspecified atom stereocenters. The lowest BCUT2D eigenvalue weighted by Gasteiger charge is -2.35. The second kappa shape index (κ2) is 5.69. The smallest absolute Gasteiger partial charge is 0.0963 e. The van der Waals surface area contributed by atoms with E-state index >= 15 is 0 Å². The first-order chi connectivity index (χ1) is 6.65. The maximum absolute atomic E-state index is 10.0. The fourth-order valence-corrected chi connectivity index (χ4v) is 2.01. The normalized spacial score (nSPS) is 28.7. The van der Waals surface area contributed by atoms with E-state index in [1.54, 1.807) is 0 Å². The molecule has 0 aromatic heterocycles. The summed E-state index contributed by atoms with van der Waals surface area (Å²) >= 11 is 0. The van der Waals surface area contributed by atoms with Gasteiger partial charge >= 0.3 is 0 Å². The number of aliphatic hydroxyl groups is 1. The maximum atomic E-state index is 10.0. The second-order valence-corrected chi connectivity index (χ2v) is 4.43. The molecule has 3 heteroatoms. The molecule has 0 aromatic rings. The number of morpholine rings is 1. The molecule has 3 atom stereocenters. The molecule has 0 aromatic carbocycles. The van der Waals surface area contributed by atoms with Crippen molar-refractivity contribution < 1.29 is 9.84 Å². The van der Waals surface area contributed by atoms with Crippen molar-refractivity contribution in [2.45, 2.75) is 38.9 Å². The molecule has 0 amide bonds. The van der Waals surface area contributed by atoms with E-state index in [9.17, 15) is 5.11 Å². The summed E-state index contributed by atoms with van der Waals surface area (Å²) in [5.41, 5.74) is 0. The Labute approximate surface area is 87.1 Å². The fraction of sp³-hybridized carbons (Fsp3) is 1.00. The zero-order valence-corrected chi connectivity index (χ0v) is 9.57. The van der Waals surface area contributed by atoms with Crippen molar-refractivity contribution in [3.05, 3.63) is 0 Å². The van der Waals surface area contributed by atoms with E-state index in [-0.39, 0.29) is 12.2 Å². The van der Waals surface area contributed by atoms with Crippen molar-refractivity contribution in [3.8, 4) is 0 Å². The number of hydrogen-bond donors (Lipinski definition) is 1. The molecule has 14 heavy (non-hydrogen) atoms. The first-order valence-corrected chi connectivity index (χ1v) is 5.63. The Morgan fingerprint density at radius 3 is 2.86 bits per heavy atom. The Kier molecular flexibility index (Phi) is 4.85. The summed E-state index contributed by atoms with van der Waals surface area (Å²) < 4.78 is 5.59.